The minimum Gasteiger partial charge on any atom is -0.499 e. The minimum atomic E-state index is -0.113. The van der Waals surface area contributed by atoms with E-state index in [0.717, 1.165) is 29.5 Å². The predicted octanol–water partition coefficient (Wildman–Crippen LogP) is 6.19. The van der Waals surface area contributed by atoms with E-state index in [1.807, 2.05) is 37.4 Å². The van der Waals surface area contributed by atoms with Crippen molar-refractivity contribution in [1.82, 2.24) is 19.9 Å². The molecule has 1 aliphatic heterocycles. The minimum absolute atomic E-state index is 0.00790. The van der Waals surface area contributed by atoms with Crippen molar-refractivity contribution in [1.29, 1.82) is 0 Å². The Morgan fingerprint density at radius 1 is 1.15 bits per heavy atom. The normalized spacial score (nSPS) is 14.0. The Kier molecular flexibility index (Phi) is 7.31. The molecule has 5 rings (SSSR count). The second-order valence-electron chi connectivity index (χ2n) is 10.2. The smallest absolute Gasteiger partial charge is 0.312 e. The van der Waals surface area contributed by atoms with Crippen molar-refractivity contribution in [3.8, 4) is 28.5 Å². The molecular weight excluding hydrogens is 494 g/mol. The maximum absolute atomic E-state index is 12.4. The SMILES string of the molecule is [C-]#[N+]c1nc(-c2c(C(C)C)cnc3cc(-c4ncc(C(=O)N(C)C)cc4C)oc23)ccc1OC1CCOCC1. The van der Waals surface area contributed by atoms with Crippen molar-refractivity contribution in [2.45, 2.75) is 45.6 Å². The Morgan fingerprint density at radius 2 is 1.92 bits per heavy atom. The van der Waals surface area contributed by atoms with Gasteiger partial charge in [0.15, 0.2) is 17.0 Å². The number of aromatic nitrogens is 3. The lowest BCUT2D eigenvalue weighted by atomic mass is 9.96. The van der Waals surface area contributed by atoms with Crippen LogP contribution in [0.3, 0.4) is 0 Å². The van der Waals surface area contributed by atoms with E-state index in [9.17, 15) is 4.79 Å². The molecule has 1 aliphatic rings. The van der Waals surface area contributed by atoms with Gasteiger partial charge in [-0.25, -0.2) is 0 Å². The second kappa shape index (κ2) is 10.8. The lowest BCUT2D eigenvalue weighted by Crippen LogP contribution is -2.25. The third-order valence-corrected chi connectivity index (χ3v) is 6.82. The highest BCUT2D eigenvalue weighted by Crippen LogP contribution is 2.40. The van der Waals surface area contributed by atoms with Crippen LogP contribution in [0, 0.1) is 13.5 Å². The van der Waals surface area contributed by atoms with E-state index in [0.29, 0.717) is 52.8 Å². The summed E-state index contributed by atoms with van der Waals surface area (Å²) in [5.41, 5.74) is 5.57. The lowest BCUT2D eigenvalue weighted by Gasteiger charge is -2.23. The number of rotatable bonds is 6. The molecule has 4 aromatic rings. The standard InChI is InChI=1S/C30H31N5O4/c1-17(2)21-16-32-23-14-25(27-18(3)13-19(15-33-27)30(36)35(5)6)39-28(23)26(21)22-7-8-24(29(31-4)34-22)38-20-9-11-37-12-10-20/h7-8,13-17,20H,9-12H2,1-3,5-6H3. The predicted molar refractivity (Wildman–Crippen MR) is 148 cm³/mol. The number of nitrogens with zero attached hydrogens (tertiary/aromatic N) is 5. The van der Waals surface area contributed by atoms with Gasteiger partial charge in [-0.05, 0) is 42.2 Å². The van der Waals surface area contributed by atoms with Gasteiger partial charge in [0.2, 0.25) is 0 Å². The number of ether oxygens (including phenoxy) is 2. The number of carbonyl (C=O) groups is 1. The molecule has 0 N–H and O–H groups in total. The summed E-state index contributed by atoms with van der Waals surface area (Å²) in [6, 6.07) is 7.35. The van der Waals surface area contributed by atoms with E-state index >= 15 is 0 Å². The number of carbonyl (C=O) groups excluding carboxylic acids is 1. The number of pyridine rings is 3. The van der Waals surface area contributed by atoms with Crippen LogP contribution in [0.4, 0.5) is 5.82 Å². The summed E-state index contributed by atoms with van der Waals surface area (Å²) in [4.78, 5) is 31.5. The van der Waals surface area contributed by atoms with Crippen LogP contribution < -0.4 is 4.74 Å². The van der Waals surface area contributed by atoms with Crippen molar-refractivity contribution in [2.75, 3.05) is 27.3 Å². The van der Waals surface area contributed by atoms with E-state index in [1.54, 1.807) is 20.3 Å². The van der Waals surface area contributed by atoms with E-state index in [1.165, 1.54) is 4.90 Å². The molecule has 4 aromatic heterocycles. The number of furan rings is 1. The maximum atomic E-state index is 12.4. The van der Waals surface area contributed by atoms with Gasteiger partial charge in [0, 0.05) is 45.4 Å². The molecule has 0 spiro atoms. The monoisotopic (exact) mass is 525 g/mol. The van der Waals surface area contributed by atoms with Crippen LogP contribution in [-0.2, 0) is 4.74 Å². The van der Waals surface area contributed by atoms with Gasteiger partial charge in [0.25, 0.3) is 5.91 Å². The zero-order valence-electron chi connectivity index (χ0n) is 22.8. The Balaban J connectivity index is 1.58. The zero-order chi connectivity index (χ0) is 27.7. The summed E-state index contributed by atoms with van der Waals surface area (Å²) in [5, 5.41) is 0. The molecule has 1 fully saturated rings. The van der Waals surface area contributed by atoms with E-state index < -0.39 is 0 Å². The van der Waals surface area contributed by atoms with Crippen LogP contribution in [-0.4, -0.2) is 59.2 Å². The summed E-state index contributed by atoms with van der Waals surface area (Å²) in [6.45, 7) is 15.1. The van der Waals surface area contributed by atoms with Gasteiger partial charge >= 0.3 is 5.82 Å². The first kappa shape index (κ1) is 26.3. The molecule has 9 heteroatoms. The fourth-order valence-electron chi connectivity index (χ4n) is 4.74. The molecule has 1 amide bonds. The Hall–Kier alpha value is -4.29. The molecule has 1 saturated heterocycles. The second-order valence-corrected chi connectivity index (χ2v) is 10.2. The third kappa shape index (κ3) is 5.20. The molecule has 5 heterocycles. The number of fused-ring (bicyclic) bond motifs is 1. The van der Waals surface area contributed by atoms with Crippen LogP contribution in [0.15, 0.2) is 41.1 Å². The zero-order valence-corrected chi connectivity index (χ0v) is 22.8. The van der Waals surface area contributed by atoms with E-state index in [-0.39, 0.29) is 23.7 Å². The van der Waals surface area contributed by atoms with Gasteiger partial charge in [0.05, 0.1) is 24.3 Å². The van der Waals surface area contributed by atoms with Gasteiger partial charge in [-0.2, -0.15) is 0 Å². The van der Waals surface area contributed by atoms with Gasteiger partial charge in [-0.15, -0.1) is 4.98 Å². The highest BCUT2D eigenvalue weighted by atomic mass is 16.5. The number of hydrogen-bond donors (Lipinski definition) is 0. The molecule has 200 valence electrons. The molecule has 0 bridgehead atoms. The molecule has 0 radical (unpaired) electrons. The van der Waals surface area contributed by atoms with Gasteiger partial charge in [-0.3, -0.25) is 14.8 Å². The van der Waals surface area contributed by atoms with Crippen LogP contribution >= 0.6 is 0 Å². The molecule has 39 heavy (non-hydrogen) atoms. The molecule has 9 nitrogen and oxygen atoms in total. The summed E-state index contributed by atoms with van der Waals surface area (Å²) in [5.74, 6) is 1.26. The van der Waals surface area contributed by atoms with Crippen LogP contribution in [0.1, 0.15) is 54.1 Å². The van der Waals surface area contributed by atoms with Crippen LogP contribution in [0.2, 0.25) is 0 Å². The fraction of sp³-hybridized carbons (Fsp3) is 0.367. The number of amides is 1. The van der Waals surface area contributed by atoms with Gasteiger partial charge in [-0.1, -0.05) is 20.4 Å². The maximum Gasteiger partial charge on any atom is 0.312 e. The molecule has 0 atom stereocenters. The van der Waals surface area contributed by atoms with Crippen LogP contribution in [0.25, 0.3) is 38.7 Å². The van der Waals surface area contributed by atoms with E-state index in [4.69, 9.17) is 25.4 Å². The molecule has 0 aromatic carbocycles. The van der Waals surface area contributed by atoms with Gasteiger partial charge < -0.3 is 23.6 Å². The first-order chi connectivity index (χ1) is 18.8. The van der Waals surface area contributed by atoms with Crippen LogP contribution in [0.5, 0.6) is 5.75 Å². The third-order valence-electron chi connectivity index (χ3n) is 6.82. The molecular formula is C30H31N5O4. The van der Waals surface area contributed by atoms with Crippen molar-refractivity contribution in [2.24, 2.45) is 0 Å². The van der Waals surface area contributed by atoms with Crippen molar-refractivity contribution in [3.05, 3.63) is 64.8 Å². The quantitative estimate of drug-likeness (QED) is 0.277. The average Bonchev–Trinajstić information content (AvgIpc) is 3.36. The summed E-state index contributed by atoms with van der Waals surface area (Å²) < 4.78 is 17.9. The lowest BCUT2D eigenvalue weighted by molar-refractivity contribution is 0.0258. The summed E-state index contributed by atoms with van der Waals surface area (Å²) >= 11 is 0. The number of aryl methyl sites for hydroxylation is 1. The molecule has 0 saturated carbocycles. The van der Waals surface area contributed by atoms with E-state index in [2.05, 4.69) is 28.7 Å². The van der Waals surface area contributed by atoms with Crippen molar-refractivity contribution >= 4 is 22.8 Å². The average molecular weight is 526 g/mol. The highest BCUT2D eigenvalue weighted by molar-refractivity contribution is 5.95. The molecule has 0 unspecified atom stereocenters. The summed E-state index contributed by atoms with van der Waals surface area (Å²) in [6.07, 6.45) is 4.98. The molecule has 0 aliphatic carbocycles. The largest absolute Gasteiger partial charge is 0.499 e. The van der Waals surface area contributed by atoms with Crippen molar-refractivity contribution < 1.29 is 18.7 Å². The number of hydrogen-bond acceptors (Lipinski definition) is 7. The Labute approximate surface area is 227 Å². The Bertz CT molecular complexity index is 1580. The fourth-order valence-corrected chi connectivity index (χ4v) is 4.74. The topological polar surface area (TPSA) is 94.9 Å². The first-order valence-electron chi connectivity index (χ1n) is 13.0. The summed E-state index contributed by atoms with van der Waals surface area (Å²) in [7, 11) is 3.42. The highest BCUT2D eigenvalue weighted by Gasteiger charge is 2.25. The first-order valence-corrected chi connectivity index (χ1v) is 13.0. The van der Waals surface area contributed by atoms with Gasteiger partial charge in [0.1, 0.15) is 23.1 Å². The Morgan fingerprint density at radius 3 is 2.59 bits per heavy atom. The van der Waals surface area contributed by atoms with Crippen molar-refractivity contribution in [3.63, 3.8) is 0 Å².